The highest BCUT2D eigenvalue weighted by Crippen LogP contribution is 2.23. The predicted molar refractivity (Wildman–Crippen MR) is 78.4 cm³/mol. The SMILES string of the molecule is NC(=S)c1ccc(Cl)cc1OCCCCCCO. The number of nitrogens with two attached hydrogens (primary N) is 1. The first-order chi connectivity index (χ1) is 8.65. The van der Waals surface area contributed by atoms with Crippen molar-refractivity contribution in [1.29, 1.82) is 0 Å². The van der Waals surface area contributed by atoms with E-state index in [1.54, 1.807) is 18.2 Å². The molecular weight excluding hydrogens is 270 g/mol. The fourth-order valence-electron chi connectivity index (χ4n) is 1.57. The molecule has 1 aromatic rings. The van der Waals surface area contributed by atoms with Crippen LogP contribution in [0, 0.1) is 0 Å². The van der Waals surface area contributed by atoms with Crippen LogP contribution < -0.4 is 10.5 Å². The molecule has 1 aromatic carbocycles. The van der Waals surface area contributed by atoms with Crippen molar-refractivity contribution in [3.05, 3.63) is 28.8 Å². The van der Waals surface area contributed by atoms with Crippen LogP contribution in [0.3, 0.4) is 0 Å². The first-order valence-electron chi connectivity index (χ1n) is 5.98. The molecule has 0 aliphatic carbocycles. The summed E-state index contributed by atoms with van der Waals surface area (Å²) in [6.45, 7) is 0.849. The number of thiocarbonyl (C=S) groups is 1. The molecule has 0 saturated heterocycles. The fourth-order valence-corrected chi connectivity index (χ4v) is 1.90. The third kappa shape index (κ3) is 5.21. The van der Waals surface area contributed by atoms with Gasteiger partial charge in [0.25, 0.3) is 0 Å². The second-order valence-corrected chi connectivity index (χ2v) is 4.87. The van der Waals surface area contributed by atoms with Crippen LogP contribution in [-0.4, -0.2) is 23.3 Å². The van der Waals surface area contributed by atoms with Gasteiger partial charge in [0.15, 0.2) is 0 Å². The van der Waals surface area contributed by atoms with E-state index in [0.717, 1.165) is 25.7 Å². The van der Waals surface area contributed by atoms with Gasteiger partial charge in [-0.3, -0.25) is 0 Å². The second kappa shape index (κ2) is 8.29. The van der Waals surface area contributed by atoms with Gasteiger partial charge in [0.1, 0.15) is 10.7 Å². The van der Waals surface area contributed by atoms with Gasteiger partial charge in [-0.25, -0.2) is 0 Å². The van der Waals surface area contributed by atoms with Crippen molar-refractivity contribution >= 4 is 28.8 Å². The molecular formula is C13H18ClNO2S. The molecule has 0 heterocycles. The van der Waals surface area contributed by atoms with Crippen LogP contribution in [0.4, 0.5) is 0 Å². The Morgan fingerprint density at radius 3 is 2.67 bits per heavy atom. The Morgan fingerprint density at radius 1 is 1.28 bits per heavy atom. The quantitative estimate of drug-likeness (QED) is 0.570. The molecule has 0 unspecified atom stereocenters. The molecule has 100 valence electrons. The Kier molecular flexibility index (Phi) is 7.01. The van der Waals surface area contributed by atoms with E-state index in [4.69, 9.17) is 39.4 Å². The van der Waals surface area contributed by atoms with E-state index in [9.17, 15) is 0 Å². The zero-order chi connectivity index (χ0) is 13.4. The summed E-state index contributed by atoms with van der Waals surface area (Å²) in [5.74, 6) is 0.636. The minimum atomic E-state index is 0.251. The van der Waals surface area contributed by atoms with Gasteiger partial charge >= 0.3 is 0 Å². The zero-order valence-electron chi connectivity index (χ0n) is 10.2. The van der Waals surface area contributed by atoms with Gasteiger partial charge in [-0.15, -0.1) is 0 Å². The summed E-state index contributed by atoms with van der Waals surface area (Å²) in [6.07, 6.45) is 3.82. The maximum Gasteiger partial charge on any atom is 0.130 e. The number of unbranched alkanes of at least 4 members (excludes halogenated alkanes) is 3. The highest BCUT2D eigenvalue weighted by molar-refractivity contribution is 7.80. The molecule has 5 heteroatoms. The third-order valence-electron chi connectivity index (χ3n) is 2.52. The van der Waals surface area contributed by atoms with Gasteiger partial charge in [-0.05, 0) is 37.5 Å². The summed E-state index contributed by atoms with van der Waals surface area (Å²) >= 11 is 10.9. The van der Waals surface area contributed by atoms with Crippen LogP contribution in [-0.2, 0) is 0 Å². The zero-order valence-corrected chi connectivity index (χ0v) is 11.8. The van der Waals surface area contributed by atoms with Crippen LogP contribution in [0.1, 0.15) is 31.2 Å². The van der Waals surface area contributed by atoms with Gasteiger partial charge < -0.3 is 15.6 Å². The minimum absolute atomic E-state index is 0.251. The normalized spacial score (nSPS) is 10.3. The predicted octanol–water partition coefficient (Wildman–Crippen LogP) is 2.91. The van der Waals surface area contributed by atoms with Crippen molar-refractivity contribution in [1.82, 2.24) is 0 Å². The number of hydrogen-bond acceptors (Lipinski definition) is 3. The molecule has 0 bridgehead atoms. The van der Waals surface area contributed by atoms with Crippen molar-refractivity contribution in [2.75, 3.05) is 13.2 Å². The maximum absolute atomic E-state index is 8.65. The second-order valence-electron chi connectivity index (χ2n) is 3.99. The molecule has 0 spiro atoms. The molecule has 0 saturated carbocycles. The highest BCUT2D eigenvalue weighted by Gasteiger charge is 2.07. The Hall–Kier alpha value is -0.840. The Bertz CT molecular complexity index is 399. The standard InChI is InChI=1S/C13H18ClNO2S/c14-10-5-6-11(13(15)18)12(9-10)17-8-4-2-1-3-7-16/h5-6,9,16H,1-4,7-8H2,(H2,15,18). The average Bonchev–Trinajstić information content (AvgIpc) is 2.33. The van der Waals surface area contributed by atoms with E-state index in [0.29, 0.717) is 27.9 Å². The molecule has 0 amide bonds. The average molecular weight is 288 g/mol. The van der Waals surface area contributed by atoms with E-state index >= 15 is 0 Å². The third-order valence-corrected chi connectivity index (χ3v) is 2.97. The molecule has 1 rings (SSSR count). The van der Waals surface area contributed by atoms with E-state index in [1.807, 2.05) is 0 Å². The Morgan fingerprint density at radius 2 is 2.00 bits per heavy atom. The summed E-state index contributed by atoms with van der Waals surface area (Å²) in [4.78, 5) is 0.307. The van der Waals surface area contributed by atoms with Crippen LogP contribution >= 0.6 is 23.8 Å². The first-order valence-corrected chi connectivity index (χ1v) is 6.77. The molecule has 0 aliphatic rings. The number of rotatable bonds is 8. The van der Waals surface area contributed by atoms with Crippen molar-refractivity contribution in [3.63, 3.8) is 0 Å². The van der Waals surface area contributed by atoms with E-state index in [1.165, 1.54) is 0 Å². The summed E-state index contributed by atoms with van der Waals surface area (Å²) in [6, 6.07) is 5.24. The minimum Gasteiger partial charge on any atom is -0.493 e. The highest BCUT2D eigenvalue weighted by atomic mass is 35.5. The Labute approximate surface area is 118 Å². The van der Waals surface area contributed by atoms with Crippen molar-refractivity contribution < 1.29 is 9.84 Å². The van der Waals surface area contributed by atoms with Crippen LogP contribution in [0.25, 0.3) is 0 Å². The number of ether oxygens (including phenoxy) is 1. The topological polar surface area (TPSA) is 55.5 Å². The Balaban J connectivity index is 2.45. The molecule has 3 N–H and O–H groups in total. The molecule has 0 radical (unpaired) electrons. The fraction of sp³-hybridized carbons (Fsp3) is 0.462. The summed E-state index contributed by atoms with van der Waals surface area (Å²) < 4.78 is 5.65. The molecule has 0 aromatic heterocycles. The molecule has 0 fully saturated rings. The van der Waals surface area contributed by atoms with Crippen LogP contribution in [0.2, 0.25) is 5.02 Å². The lowest BCUT2D eigenvalue weighted by Crippen LogP contribution is -2.12. The number of aliphatic hydroxyl groups is 1. The van der Waals surface area contributed by atoms with Crippen LogP contribution in [0.15, 0.2) is 18.2 Å². The lowest BCUT2D eigenvalue weighted by molar-refractivity contribution is 0.273. The first kappa shape index (κ1) is 15.2. The monoisotopic (exact) mass is 287 g/mol. The van der Waals surface area contributed by atoms with E-state index in [2.05, 4.69) is 0 Å². The molecule has 0 atom stereocenters. The van der Waals surface area contributed by atoms with E-state index in [-0.39, 0.29) is 6.61 Å². The van der Waals surface area contributed by atoms with Crippen molar-refractivity contribution in [2.24, 2.45) is 5.73 Å². The van der Waals surface area contributed by atoms with Gasteiger partial charge in [0.05, 0.1) is 12.2 Å². The number of halogens is 1. The molecule has 18 heavy (non-hydrogen) atoms. The van der Waals surface area contributed by atoms with Crippen LogP contribution in [0.5, 0.6) is 5.75 Å². The van der Waals surface area contributed by atoms with Crippen molar-refractivity contribution in [2.45, 2.75) is 25.7 Å². The smallest absolute Gasteiger partial charge is 0.130 e. The number of hydrogen-bond donors (Lipinski definition) is 2. The van der Waals surface area contributed by atoms with Gasteiger partial charge in [-0.2, -0.15) is 0 Å². The van der Waals surface area contributed by atoms with Gasteiger partial charge in [0, 0.05) is 11.6 Å². The largest absolute Gasteiger partial charge is 0.493 e. The summed E-state index contributed by atoms with van der Waals surface area (Å²) in [7, 11) is 0. The van der Waals surface area contributed by atoms with Gasteiger partial charge in [0.2, 0.25) is 0 Å². The van der Waals surface area contributed by atoms with Crippen molar-refractivity contribution in [3.8, 4) is 5.75 Å². The molecule has 3 nitrogen and oxygen atoms in total. The molecule has 0 aliphatic heterocycles. The summed E-state index contributed by atoms with van der Waals surface area (Å²) in [5.41, 5.74) is 6.33. The lowest BCUT2D eigenvalue weighted by atomic mass is 10.2. The summed E-state index contributed by atoms with van der Waals surface area (Å²) in [5, 5.41) is 9.26. The lowest BCUT2D eigenvalue weighted by Gasteiger charge is -2.11. The number of benzene rings is 1. The van der Waals surface area contributed by atoms with Gasteiger partial charge in [-0.1, -0.05) is 30.2 Å². The maximum atomic E-state index is 8.65. The number of aliphatic hydroxyl groups excluding tert-OH is 1. The van der Waals surface area contributed by atoms with E-state index < -0.39 is 0 Å².